The summed E-state index contributed by atoms with van der Waals surface area (Å²) in [5.74, 6) is 0.933. The summed E-state index contributed by atoms with van der Waals surface area (Å²) in [6.45, 7) is 4.34. The first-order chi connectivity index (χ1) is 7.04. The predicted octanol–water partition coefficient (Wildman–Crippen LogP) is 0.674. The third kappa shape index (κ3) is 3.11. The largest absolute Gasteiger partial charge is 0.409 e. The van der Waals surface area contributed by atoms with Gasteiger partial charge in [0.25, 0.3) is 0 Å². The molecule has 1 fully saturated rings. The average molecular weight is 213 g/mol. The van der Waals surface area contributed by atoms with Crippen LogP contribution in [0.15, 0.2) is 5.16 Å². The number of oxime groups is 1. The maximum Gasteiger partial charge on any atom is 0.227 e. The molecule has 1 amide bonds. The van der Waals surface area contributed by atoms with E-state index in [1.54, 1.807) is 0 Å². The lowest BCUT2D eigenvalue weighted by atomic mass is 9.98. The highest BCUT2D eigenvalue weighted by molar-refractivity contribution is 5.98. The van der Waals surface area contributed by atoms with Crippen LogP contribution in [0.3, 0.4) is 0 Å². The fourth-order valence-electron chi connectivity index (χ4n) is 2.03. The van der Waals surface area contributed by atoms with Gasteiger partial charge in [-0.15, -0.1) is 0 Å². The minimum atomic E-state index is -0.170. The molecule has 15 heavy (non-hydrogen) atoms. The second kappa shape index (κ2) is 5.00. The van der Waals surface area contributed by atoms with E-state index in [9.17, 15) is 4.79 Å². The van der Waals surface area contributed by atoms with Gasteiger partial charge in [-0.2, -0.15) is 0 Å². The van der Waals surface area contributed by atoms with Crippen molar-refractivity contribution in [1.29, 1.82) is 0 Å². The SMILES string of the molecule is CC1CCC(NC(=O)CC(N)=NO)C1C. The number of hydrogen-bond acceptors (Lipinski definition) is 3. The van der Waals surface area contributed by atoms with E-state index in [0.29, 0.717) is 11.8 Å². The zero-order valence-corrected chi connectivity index (χ0v) is 9.23. The van der Waals surface area contributed by atoms with Gasteiger partial charge in [-0.25, -0.2) is 0 Å². The second-order valence-electron chi connectivity index (χ2n) is 4.36. The second-order valence-corrected chi connectivity index (χ2v) is 4.36. The quantitative estimate of drug-likeness (QED) is 0.279. The summed E-state index contributed by atoms with van der Waals surface area (Å²) in [6, 6.07) is 0.235. The molecule has 1 rings (SSSR count). The van der Waals surface area contributed by atoms with Crippen LogP contribution in [0.1, 0.15) is 33.1 Å². The summed E-state index contributed by atoms with van der Waals surface area (Å²) in [4.78, 5) is 11.4. The van der Waals surface area contributed by atoms with Crippen molar-refractivity contribution >= 4 is 11.7 Å². The highest BCUT2D eigenvalue weighted by Crippen LogP contribution is 2.30. The van der Waals surface area contributed by atoms with Gasteiger partial charge in [-0.05, 0) is 24.7 Å². The lowest BCUT2D eigenvalue weighted by Gasteiger charge is -2.19. The fourth-order valence-corrected chi connectivity index (χ4v) is 2.03. The molecule has 0 saturated heterocycles. The standard InChI is InChI=1S/C10H19N3O2/c1-6-3-4-8(7(6)2)12-10(14)5-9(11)13-15/h6-8,15H,3-5H2,1-2H3,(H2,11,13)(H,12,14). The third-order valence-corrected chi connectivity index (χ3v) is 3.28. The van der Waals surface area contributed by atoms with Gasteiger partial charge in [-0.1, -0.05) is 19.0 Å². The van der Waals surface area contributed by atoms with Crippen LogP contribution in [-0.2, 0) is 4.79 Å². The summed E-state index contributed by atoms with van der Waals surface area (Å²) in [5, 5.41) is 14.0. The van der Waals surface area contributed by atoms with Gasteiger partial charge in [0.2, 0.25) is 5.91 Å². The first-order valence-corrected chi connectivity index (χ1v) is 5.30. The van der Waals surface area contributed by atoms with Crippen molar-refractivity contribution < 1.29 is 10.0 Å². The number of carbonyl (C=O) groups excluding carboxylic acids is 1. The van der Waals surface area contributed by atoms with Gasteiger partial charge >= 0.3 is 0 Å². The van der Waals surface area contributed by atoms with Crippen molar-refractivity contribution in [3.05, 3.63) is 0 Å². The highest BCUT2D eigenvalue weighted by atomic mass is 16.4. The molecule has 0 radical (unpaired) electrons. The summed E-state index contributed by atoms with van der Waals surface area (Å²) < 4.78 is 0. The van der Waals surface area contributed by atoms with Crippen molar-refractivity contribution in [2.24, 2.45) is 22.7 Å². The van der Waals surface area contributed by atoms with Crippen LogP contribution in [0.5, 0.6) is 0 Å². The molecule has 1 aliphatic rings. The molecule has 5 nitrogen and oxygen atoms in total. The van der Waals surface area contributed by atoms with Gasteiger partial charge in [0.15, 0.2) is 0 Å². The Hall–Kier alpha value is -1.26. The normalized spacial score (nSPS) is 31.6. The molecular weight excluding hydrogens is 194 g/mol. The summed E-state index contributed by atoms with van der Waals surface area (Å²) in [6.07, 6.45) is 2.13. The number of nitrogens with one attached hydrogen (secondary N) is 1. The Kier molecular flexibility index (Phi) is 3.94. The van der Waals surface area contributed by atoms with Gasteiger partial charge in [0.05, 0.1) is 6.42 Å². The minimum absolute atomic E-state index is 0.0336. The first-order valence-electron chi connectivity index (χ1n) is 5.30. The smallest absolute Gasteiger partial charge is 0.227 e. The van der Waals surface area contributed by atoms with E-state index in [4.69, 9.17) is 10.9 Å². The number of amidine groups is 1. The molecule has 0 aliphatic heterocycles. The lowest BCUT2D eigenvalue weighted by molar-refractivity contribution is -0.120. The maximum absolute atomic E-state index is 11.4. The summed E-state index contributed by atoms with van der Waals surface area (Å²) in [5.41, 5.74) is 5.25. The Morgan fingerprint density at radius 3 is 2.67 bits per heavy atom. The number of hydrogen-bond donors (Lipinski definition) is 3. The van der Waals surface area contributed by atoms with Crippen molar-refractivity contribution in [1.82, 2.24) is 5.32 Å². The Bertz CT molecular complexity index is 265. The molecule has 0 bridgehead atoms. The van der Waals surface area contributed by atoms with Gasteiger partial charge in [0.1, 0.15) is 5.84 Å². The molecule has 0 aromatic heterocycles. The zero-order valence-electron chi connectivity index (χ0n) is 9.23. The van der Waals surface area contributed by atoms with Gasteiger partial charge in [-0.3, -0.25) is 4.79 Å². The first kappa shape index (κ1) is 11.8. The third-order valence-electron chi connectivity index (χ3n) is 3.28. The molecule has 5 heteroatoms. The summed E-state index contributed by atoms with van der Waals surface area (Å²) in [7, 11) is 0. The highest BCUT2D eigenvalue weighted by Gasteiger charge is 2.30. The van der Waals surface area contributed by atoms with E-state index < -0.39 is 0 Å². The van der Waals surface area contributed by atoms with E-state index in [0.717, 1.165) is 12.8 Å². The van der Waals surface area contributed by atoms with Crippen LogP contribution in [-0.4, -0.2) is 23.0 Å². The van der Waals surface area contributed by atoms with Crippen LogP contribution < -0.4 is 11.1 Å². The van der Waals surface area contributed by atoms with E-state index in [1.807, 2.05) is 0 Å². The Morgan fingerprint density at radius 1 is 1.53 bits per heavy atom. The molecule has 0 heterocycles. The van der Waals surface area contributed by atoms with Gasteiger partial charge in [0, 0.05) is 6.04 Å². The maximum atomic E-state index is 11.4. The molecule has 1 aliphatic carbocycles. The van der Waals surface area contributed by atoms with Gasteiger partial charge < -0.3 is 16.3 Å². The molecule has 4 N–H and O–H groups in total. The van der Waals surface area contributed by atoms with E-state index in [-0.39, 0.29) is 24.2 Å². The molecule has 3 unspecified atom stereocenters. The van der Waals surface area contributed by atoms with E-state index in [1.165, 1.54) is 0 Å². The van der Waals surface area contributed by atoms with Crippen molar-refractivity contribution in [3.8, 4) is 0 Å². The van der Waals surface area contributed by atoms with Crippen molar-refractivity contribution in [3.63, 3.8) is 0 Å². The molecule has 1 saturated carbocycles. The van der Waals surface area contributed by atoms with Crippen LogP contribution in [0.2, 0.25) is 0 Å². The predicted molar refractivity (Wildman–Crippen MR) is 57.5 cm³/mol. The number of amides is 1. The monoisotopic (exact) mass is 213 g/mol. The molecule has 0 aromatic carbocycles. The van der Waals surface area contributed by atoms with E-state index >= 15 is 0 Å². The molecule has 86 valence electrons. The Morgan fingerprint density at radius 2 is 2.20 bits per heavy atom. The summed E-state index contributed by atoms with van der Waals surface area (Å²) >= 11 is 0. The molecule has 3 atom stereocenters. The minimum Gasteiger partial charge on any atom is -0.409 e. The topological polar surface area (TPSA) is 87.7 Å². The molecule has 0 spiro atoms. The number of carbonyl (C=O) groups is 1. The fraction of sp³-hybridized carbons (Fsp3) is 0.800. The number of rotatable bonds is 3. The van der Waals surface area contributed by atoms with Crippen LogP contribution in [0, 0.1) is 11.8 Å². The van der Waals surface area contributed by atoms with Crippen molar-refractivity contribution in [2.45, 2.75) is 39.2 Å². The average Bonchev–Trinajstić information content (AvgIpc) is 2.49. The molecule has 0 aromatic rings. The zero-order chi connectivity index (χ0) is 11.4. The Labute approximate surface area is 89.7 Å². The number of nitrogens with two attached hydrogens (primary N) is 1. The van der Waals surface area contributed by atoms with Crippen molar-refractivity contribution in [2.75, 3.05) is 0 Å². The van der Waals surface area contributed by atoms with E-state index in [2.05, 4.69) is 24.3 Å². The van der Waals surface area contributed by atoms with Crippen LogP contribution in [0.4, 0.5) is 0 Å². The van der Waals surface area contributed by atoms with Crippen LogP contribution >= 0.6 is 0 Å². The molecular formula is C10H19N3O2. The Balaban J connectivity index is 2.39. The number of nitrogens with zero attached hydrogens (tertiary/aromatic N) is 1. The van der Waals surface area contributed by atoms with Crippen LogP contribution in [0.25, 0.3) is 0 Å². The lowest BCUT2D eigenvalue weighted by Crippen LogP contribution is -2.39.